The molecule has 1 atom stereocenters. The first-order valence-corrected chi connectivity index (χ1v) is 10.3. The van der Waals surface area contributed by atoms with Crippen molar-refractivity contribution in [2.24, 2.45) is 0 Å². The molecule has 0 aliphatic heterocycles. The highest BCUT2D eigenvalue weighted by Gasteiger charge is 2.29. The van der Waals surface area contributed by atoms with Crippen LogP contribution in [0.25, 0.3) is 0 Å². The van der Waals surface area contributed by atoms with Crippen LogP contribution in [0.4, 0.5) is 0 Å². The van der Waals surface area contributed by atoms with Crippen LogP contribution < -0.4 is 0 Å². The van der Waals surface area contributed by atoms with E-state index in [-0.39, 0.29) is 5.97 Å². The highest BCUT2D eigenvalue weighted by Crippen LogP contribution is 2.18. The Balaban J connectivity index is 3.76. The predicted molar refractivity (Wildman–Crippen MR) is 100 cm³/mol. The number of carbonyl (C=O) groups is 1. The Labute approximate surface area is 151 Å². The zero-order valence-corrected chi connectivity index (χ0v) is 18.4. The van der Waals surface area contributed by atoms with Crippen LogP contribution in [-0.4, -0.2) is 49.2 Å². The zero-order chi connectivity index (χ0) is 18.3. The molecule has 0 aliphatic carbocycles. The standard InChI is InChI=1S/C18H38O5Si/c1-5-6-7-8-9-10-11-12-13-14-16(19)23-17(20-2)15-18(24,21-3)22-4/h17H,5-15H2,1-4,24H3. The molecular weight excluding hydrogens is 324 g/mol. The average molecular weight is 363 g/mol. The van der Waals surface area contributed by atoms with E-state index in [2.05, 4.69) is 6.92 Å². The number of unbranched alkanes of at least 4 members (excludes halogenated alkanes) is 8. The Bertz CT molecular complexity index is 308. The number of carbonyl (C=O) groups excluding carboxylic acids is 1. The Hall–Kier alpha value is -0.433. The first-order chi connectivity index (χ1) is 11.5. The summed E-state index contributed by atoms with van der Waals surface area (Å²) in [6.45, 7) is 2.24. The first kappa shape index (κ1) is 23.6. The maximum atomic E-state index is 11.9. The molecule has 1 unspecified atom stereocenters. The van der Waals surface area contributed by atoms with Gasteiger partial charge in [0, 0.05) is 27.8 Å². The lowest BCUT2D eigenvalue weighted by Crippen LogP contribution is -2.40. The van der Waals surface area contributed by atoms with E-state index in [1.165, 1.54) is 52.1 Å². The second-order valence-electron chi connectivity index (χ2n) is 6.48. The van der Waals surface area contributed by atoms with Gasteiger partial charge in [-0.1, -0.05) is 58.3 Å². The van der Waals surface area contributed by atoms with E-state index in [0.29, 0.717) is 23.1 Å². The highest BCUT2D eigenvalue weighted by molar-refractivity contribution is 6.13. The van der Waals surface area contributed by atoms with Crippen LogP contribution in [-0.2, 0) is 23.7 Å². The molecule has 0 spiro atoms. The van der Waals surface area contributed by atoms with Gasteiger partial charge in [0.15, 0.2) is 0 Å². The van der Waals surface area contributed by atoms with Crippen LogP contribution in [0.5, 0.6) is 0 Å². The fourth-order valence-corrected chi connectivity index (χ4v) is 2.84. The Morgan fingerprint density at radius 1 is 0.917 bits per heavy atom. The molecule has 0 heterocycles. The summed E-state index contributed by atoms with van der Waals surface area (Å²) in [4.78, 5) is 11.9. The van der Waals surface area contributed by atoms with Gasteiger partial charge in [0.05, 0.1) is 16.7 Å². The van der Waals surface area contributed by atoms with Crippen LogP contribution in [0.15, 0.2) is 0 Å². The maximum absolute atomic E-state index is 11.9. The Morgan fingerprint density at radius 3 is 1.88 bits per heavy atom. The molecule has 0 aromatic rings. The topological polar surface area (TPSA) is 54.0 Å². The lowest BCUT2D eigenvalue weighted by molar-refractivity contribution is -0.212. The van der Waals surface area contributed by atoms with Gasteiger partial charge in [0.25, 0.3) is 0 Å². The minimum Gasteiger partial charge on any atom is -0.436 e. The molecule has 0 aliphatic rings. The minimum absolute atomic E-state index is 0.207. The Morgan fingerprint density at radius 2 is 1.42 bits per heavy atom. The van der Waals surface area contributed by atoms with Crippen LogP contribution in [0.2, 0.25) is 0 Å². The number of hydrogen-bond acceptors (Lipinski definition) is 5. The van der Waals surface area contributed by atoms with Crippen molar-refractivity contribution < 1.29 is 23.7 Å². The number of rotatable bonds is 16. The zero-order valence-electron chi connectivity index (χ0n) is 16.4. The molecule has 5 nitrogen and oxygen atoms in total. The van der Waals surface area contributed by atoms with Gasteiger partial charge in [0.2, 0.25) is 6.29 Å². The van der Waals surface area contributed by atoms with Crippen molar-refractivity contribution in [1.82, 2.24) is 0 Å². The largest absolute Gasteiger partial charge is 0.436 e. The van der Waals surface area contributed by atoms with Crippen molar-refractivity contribution in [2.75, 3.05) is 21.3 Å². The van der Waals surface area contributed by atoms with E-state index in [1.54, 1.807) is 14.2 Å². The number of methoxy groups -OCH3 is 3. The highest BCUT2D eigenvalue weighted by atomic mass is 28.1. The fraction of sp³-hybridized carbons (Fsp3) is 0.944. The summed E-state index contributed by atoms with van der Waals surface area (Å²) in [7, 11) is 5.37. The molecule has 0 radical (unpaired) electrons. The SMILES string of the molecule is CCCCCCCCCCCC(=O)OC(CC([SiH3])(OC)OC)OC. The van der Waals surface area contributed by atoms with Gasteiger partial charge in [-0.3, -0.25) is 4.79 Å². The van der Waals surface area contributed by atoms with Crippen molar-refractivity contribution in [3.8, 4) is 0 Å². The molecule has 0 rings (SSSR count). The second kappa shape index (κ2) is 14.9. The summed E-state index contributed by atoms with van der Waals surface area (Å²) < 4.78 is 21.3. The van der Waals surface area contributed by atoms with Crippen LogP contribution in [0.1, 0.15) is 77.6 Å². The van der Waals surface area contributed by atoms with E-state index < -0.39 is 11.7 Å². The maximum Gasteiger partial charge on any atom is 0.308 e. The van der Waals surface area contributed by atoms with Gasteiger partial charge in [-0.15, -0.1) is 0 Å². The molecule has 0 fully saturated rings. The molecule has 0 saturated carbocycles. The van der Waals surface area contributed by atoms with Crippen molar-refractivity contribution in [2.45, 2.75) is 89.3 Å². The molecule has 144 valence electrons. The summed E-state index contributed by atoms with van der Waals surface area (Å²) in [5, 5.41) is 0. The predicted octanol–water partition coefficient (Wildman–Crippen LogP) is 3.13. The normalized spacial score (nSPS) is 13.2. The van der Waals surface area contributed by atoms with Crippen molar-refractivity contribution in [1.29, 1.82) is 0 Å². The quantitative estimate of drug-likeness (QED) is 0.183. The fourth-order valence-electron chi connectivity index (χ4n) is 2.51. The summed E-state index contributed by atoms with van der Waals surface area (Å²) in [6.07, 6.45) is 11.3. The second-order valence-corrected chi connectivity index (χ2v) is 8.00. The van der Waals surface area contributed by atoms with Crippen molar-refractivity contribution in [3.63, 3.8) is 0 Å². The molecular formula is C18H38O5Si. The Kier molecular flexibility index (Phi) is 14.6. The van der Waals surface area contributed by atoms with E-state index in [0.717, 1.165) is 12.8 Å². The summed E-state index contributed by atoms with van der Waals surface area (Å²) in [6, 6.07) is 0. The molecule has 6 heteroatoms. The summed E-state index contributed by atoms with van der Waals surface area (Å²) >= 11 is 0. The first-order valence-electron chi connectivity index (χ1n) is 9.34. The van der Waals surface area contributed by atoms with Gasteiger partial charge in [0.1, 0.15) is 5.41 Å². The number of esters is 1. The molecule has 0 N–H and O–H groups in total. The van der Waals surface area contributed by atoms with Gasteiger partial charge < -0.3 is 18.9 Å². The van der Waals surface area contributed by atoms with Crippen LogP contribution in [0, 0.1) is 0 Å². The lowest BCUT2D eigenvalue weighted by atomic mass is 10.1. The number of ether oxygens (including phenoxy) is 4. The summed E-state index contributed by atoms with van der Waals surface area (Å²) in [5.74, 6) is -0.207. The van der Waals surface area contributed by atoms with E-state index in [4.69, 9.17) is 18.9 Å². The lowest BCUT2D eigenvalue weighted by Gasteiger charge is -2.30. The smallest absolute Gasteiger partial charge is 0.308 e. The molecule has 0 bridgehead atoms. The van der Waals surface area contributed by atoms with E-state index in [1.807, 2.05) is 0 Å². The third-order valence-electron chi connectivity index (χ3n) is 4.41. The van der Waals surface area contributed by atoms with Gasteiger partial charge >= 0.3 is 5.97 Å². The van der Waals surface area contributed by atoms with Crippen LogP contribution in [0.3, 0.4) is 0 Å². The minimum atomic E-state index is -0.682. The van der Waals surface area contributed by atoms with Gasteiger partial charge in [-0.25, -0.2) is 0 Å². The third-order valence-corrected chi connectivity index (χ3v) is 5.64. The molecule has 24 heavy (non-hydrogen) atoms. The monoisotopic (exact) mass is 362 g/mol. The third kappa shape index (κ3) is 12.0. The molecule has 0 saturated heterocycles. The molecule has 0 aromatic carbocycles. The average Bonchev–Trinajstić information content (AvgIpc) is 2.59. The van der Waals surface area contributed by atoms with Crippen LogP contribution >= 0.6 is 0 Å². The summed E-state index contributed by atoms with van der Waals surface area (Å²) in [5.41, 5.74) is -0.682. The van der Waals surface area contributed by atoms with Gasteiger partial charge in [-0.05, 0) is 6.42 Å². The van der Waals surface area contributed by atoms with E-state index in [9.17, 15) is 4.79 Å². The number of hydrogen-bond donors (Lipinski definition) is 0. The van der Waals surface area contributed by atoms with Crippen molar-refractivity contribution >= 4 is 16.2 Å². The molecule has 0 amide bonds. The van der Waals surface area contributed by atoms with Gasteiger partial charge in [-0.2, -0.15) is 0 Å². The van der Waals surface area contributed by atoms with Crippen molar-refractivity contribution in [3.05, 3.63) is 0 Å². The van der Waals surface area contributed by atoms with E-state index >= 15 is 0 Å². The molecule has 0 aromatic heterocycles.